The molecule has 3 heteroatoms. The highest BCUT2D eigenvalue weighted by Crippen LogP contribution is 2.23. The third-order valence-corrected chi connectivity index (χ3v) is 3.41. The second-order valence-corrected chi connectivity index (χ2v) is 4.77. The molecule has 0 saturated carbocycles. The minimum atomic E-state index is 0.313. The molecule has 0 spiro atoms. The van der Waals surface area contributed by atoms with E-state index in [-0.39, 0.29) is 0 Å². The second-order valence-electron chi connectivity index (χ2n) is 3.99. The molecule has 16 heavy (non-hydrogen) atoms. The van der Waals surface area contributed by atoms with Crippen molar-refractivity contribution >= 4 is 22.7 Å². The van der Waals surface area contributed by atoms with E-state index in [0.29, 0.717) is 6.04 Å². The molecular formula is C13H16N2S. The maximum atomic E-state index is 5.88. The first-order chi connectivity index (χ1) is 7.66. The van der Waals surface area contributed by atoms with Crippen molar-refractivity contribution in [1.82, 2.24) is 0 Å². The Morgan fingerprint density at radius 3 is 2.75 bits per heavy atom. The Bertz CT molecular complexity index is 463. The Kier molecular flexibility index (Phi) is 3.15. The standard InChI is InChI=1S/C13H16N2S/c1-9-3-4-12(7-13(9)14)15-10(2)11-5-6-16-8-11/h3-8,10,15H,14H2,1-2H3. The van der Waals surface area contributed by atoms with E-state index in [9.17, 15) is 0 Å². The quantitative estimate of drug-likeness (QED) is 0.790. The number of nitrogens with two attached hydrogens (primary N) is 1. The van der Waals surface area contributed by atoms with Crippen molar-refractivity contribution < 1.29 is 0 Å². The van der Waals surface area contributed by atoms with E-state index < -0.39 is 0 Å². The third kappa shape index (κ3) is 2.36. The van der Waals surface area contributed by atoms with Crippen LogP contribution in [-0.4, -0.2) is 0 Å². The van der Waals surface area contributed by atoms with Gasteiger partial charge in [0.1, 0.15) is 0 Å². The number of nitrogen functional groups attached to an aromatic ring is 1. The van der Waals surface area contributed by atoms with Crippen LogP contribution in [0.5, 0.6) is 0 Å². The molecule has 1 heterocycles. The van der Waals surface area contributed by atoms with Gasteiger partial charge in [0.05, 0.1) is 0 Å². The number of nitrogens with one attached hydrogen (secondary N) is 1. The van der Waals surface area contributed by atoms with E-state index in [1.165, 1.54) is 5.56 Å². The summed E-state index contributed by atoms with van der Waals surface area (Å²) >= 11 is 1.72. The largest absolute Gasteiger partial charge is 0.398 e. The van der Waals surface area contributed by atoms with E-state index in [1.54, 1.807) is 11.3 Å². The van der Waals surface area contributed by atoms with E-state index >= 15 is 0 Å². The highest BCUT2D eigenvalue weighted by Gasteiger charge is 2.05. The predicted molar refractivity (Wildman–Crippen MR) is 71.9 cm³/mol. The Balaban J connectivity index is 2.12. The van der Waals surface area contributed by atoms with Gasteiger partial charge in [0, 0.05) is 17.4 Å². The van der Waals surface area contributed by atoms with E-state index in [1.807, 2.05) is 19.1 Å². The summed E-state index contributed by atoms with van der Waals surface area (Å²) in [4.78, 5) is 0. The number of anilines is 2. The van der Waals surface area contributed by atoms with E-state index in [2.05, 4.69) is 35.1 Å². The molecule has 2 nitrogen and oxygen atoms in total. The molecule has 0 amide bonds. The molecular weight excluding hydrogens is 216 g/mol. The van der Waals surface area contributed by atoms with Gasteiger partial charge in [0.15, 0.2) is 0 Å². The fraction of sp³-hybridized carbons (Fsp3) is 0.231. The summed E-state index contributed by atoms with van der Waals surface area (Å²) in [6, 6.07) is 8.54. The smallest absolute Gasteiger partial charge is 0.0493 e. The molecule has 1 aromatic carbocycles. The van der Waals surface area contributed by atoms with Gasteiger partial charge in [-0.25, -0.2) is 0 Å². The number of hydrogen-bond acceptors (Lipinski definition) is 3. The lowest BCUT2D eigenvalue weighted by Gasteiger charge is -2.15. The van der Waals surface area contributed by atoms with Crippen LogP contribution in [0.4, 0.5) is 11.4 Å². The van der Waals surface area contributed by atoms with Crippen molar-refractivity contribution in [3.63, 3.8) is 0 Å². The number of rotatable bonds is 3. The Morgan fingerprint density at radius 1 is 1.31 bits per heavy atom. The summed E-state index contributed by atoms with van der Waals surface area (Å²) in [5, 5.41) is 7.70. The lowest BCUT2D eigenvalue weighted by molar-refractivity contribution is 0.890. The van der Waals surface area contributed by atoms with Gasteiger partial charge in [0.2, 0.25) is 0 Å². The van der Waals surface area contributed by atoms with Crippen LogP contribution in [0.15, 0.2) is 35.0 Å². The Labute approximate surface area is 100 Å². The third-order valence-electron chi connectivity index (χ3n) is 2.71. The molecule has 0 aliphatic carbocycles. The highest BCUT2D eigenvalue weighted by molar-refractivity contribution is 7.07. The molecule has 0 aliphatic rings. The normalized spacial score (nSPS) is 12.4. The van der Waals surface area contributed by atoms with Crippen molar-refractivity contribution in [2.45, 2.75) is 19.9 Å². The summed E-state index contributed by atoms with van der Waals surface area (Å²) in [5.74, 6) is 0. The summed E-state index contributed by atoms with van der Waals surface area (Å²) in [7, 11) is 0. The SMILES string of the molecule is Cc1ccc(NC(C)c2ccsc2)cc1N. The average Bonchev–Trinajstić information content (AvgIpc) is 2.77. The summed E-state index contributed by atoms with van der Waals surface area (Å²) in [6.07, 6.45) is 0. The molecule has 2 aromatic rings. The lowest BCUT2D eigenvalue weighted by atomic mass is 10.1. The van der Waals surface area contributed by atoms with Crippen LogP contribution in [0.3, 0.4) is 0 Å². The molecule has 0 aliphatic heterocycles. The lowest BCUT2D eigenvalue weighted by Crippen LogP contribution is -2.05. The van der Waals surface area contributed by atoms with Gasteiger partial charge in [-0.05, 0) is 53.9 Å². The van der Waals surface area contributed by atoms with E-state index in [4.69, 9.17) is 5.73 Å². The minimum absolute atomic E-state index is 0.313. The second kappa shape index (κ2) is 4.58. The van der Waals surface area contributed by atoms with Crippen molar-refractivity contribution in [3.8, 4) is 0 Å². The number of benzene rings is 1. The maximum Gasteiger partial charge on any atom is 0.0493 e. The zero-order valence-corrected chi connectivity index (χ0v) is 10.3. The molecule has 0 saturated heterocycles. The van der Waals surface area contributed by atoms with Gasteiger partial charge in [-0.2, -0.15) is 11.3 Å². The molecule has 0 radical (unpaired) electrons. The fourth-order valence-corrected chi connectivity index (χ4v) is 2.34. The van der Waals surface area contributed by atoms with Gasteiger partial charge >= 0.3 is 0 Å². The van der Waals surface area contributed by atoms with Gasteiger partial charge < -0.3 is 11.1 Å². The molecule has 1 atom stereocenters. The molecule has 3 N–H and O–H groups in total. The van der Waals surface area contributed by atoms with Crippen LogP contribution in [-0.2, 0) is 0 Å². The van der Waals surface area contributed by atoms with E-state index in [0.717, 1.165) is 16.9 Å². The van der Waals surface area contributed by atoms with Crippen LogP contribution in [0.25, 0.3) is 0 Å². The molecule has 0 fully saturated rings. The number of thiophene rings is 1. The predicted octanol–water partition coefficient (Wildman–Crippen LogP) is 3.81. The van der Waals surface area contributed by atoms with Crippen LogP contribution in [0.1, 0.15) is 24.1 Å². The molecule has 2 rings (SSSR count). The molecule has 0 bridgehead atoms. The molecule has 84 valence electrons. The van der Waals surface area contributed by atoms with Crippen LogP contribution in [0, 0.1) is 6.92 Å². The van der Waals surface area contributed by atoms with Gasteiger partial charge in [-0.1, -0.05) is 6.07 Å². The molecule has 1 aromatic heterocycles. The number of hydrogen-bond donors (Lipinski definition) is 2. The van der Waals surface area contributed by atoms with Gasteiger partial charge in [-0.3, -0.25) is 0 Å². The zero-order chi connectivity index (χ0) is 11.5. The van der Waals surface area contributed by atoms with Crippen molar-refractivity contribution in [1.29, 1.82) is 0 Å². The Hall–Kier alpha value is -1.48. The zero-order valence-electron chi connectivity index (χ0n) is 9.53. The first kappa shape index (κ1) is 11.0. The first-order valence-corrected chi connectivity index (χ1v) is 6.26. The summed E-state index contributed by atoms with van der Waals surface area (Å²) in [5.41, 5.74) is 10.2. The average molecular weight is 232 g/mol. The molecule has 1 unspecified atom stereocenters. The fourth-order valence-electron chi connectivity index (χ4n) is 1.58. The van der Waals surface area contributed by atoms with Gasteiger partial charge in [0.25, 0.3) is 0 Å². The van der Waals surface area contributed by atoms with Crippen molar-refractivity contribution in [2.24, 2.45) is 0 Å². The van der Waals surface area contributed by atoms with Gasteiger partial charge in [-0.15, -0.1) is 0 Å². The minimum Gasteiger partial charge on any atom is -0.398 e. The first-order valence-electron chi connectivity index (χ1n) is 5.31. The maximum absolute atomic E-state index is 5.88. The topological polar surface area (TPSA) is 38.0 Å². The number of aryl methyl sites for hydroxylation is 1. The summed E-state index contributed by atoms with van der Waals surface area (Å²) in [6.45, 7) is 4.17. The van der Waals surface area contributed by atoms with Crippen LogP contribution in [0.2, 0.25) is 0 Å². The van der Waals surface area contributed by atoms with Crippen LogP contribution < -0.4 is 11.1 Å². The van der Waals surface area contributed by atoms with Crippen molar-refractivity contribution in [2.75, 3.05) is 11.1 Å². The highest BCUT2D eigenvalue weighted by atomic mass is 32.1. The van der Waals surface area contributed by atoms with Crippen LogP contribution >= 0.6 is 11.3 Å². The summed E-state index contributed by atoms with van der Waals surface area (Å²) < 4.78 is 0. The monoisotopic (exact) mass is 232 g/mol. The van der Waals surface area contributed by atoms with Crippen molar-refractivity contribution in [3.05, 3.63) is 46.2 Å². The Morgan fingerprint density at radius 2 is 2.12 bits per heavy atom.